The zero-order valence-electron chi connectivity index (χ0n) is 20.2. The number of hydrogen-bond donors (Lipinski definition) is 2. The summed E-state index contributed by atoms with van der Waals surface area (Å²) >= 11 is 0. The van der Waals surface area contributed by atoms with E-state index in [9.17, 15) is 9.59 Å². The highest BCUT2D eigenvalue weighted by molar-refractivity contribution is 6.82. The third-order valence-electron chi connectivity index (χ3n) is 5.66. The van der Waals surface area contributed by atoms with Crippen LogP contribution in [0.4, 0.5) is 0 Å². The maximum atomic E-state index is 12.2. The minimum Gasteiger partial charge on any atom is -0.525 e. The zero-order chi connectivity index (χ0) is 26.0. The Kier molecular flexibility index (Phi) is 8.75. The second kappa shape index (κ2) is 12.6. The molecule has 0 atom stereocenters. The molecule has 4 N–H and O–H groups in total. The Morgan fingerprint density at radius 2 is 0.892 bits per heavy atom. The van der Waals surface area contributed by atoms with Crippen molar-refractivity contribution in [3.8, 4) is 11.5 Å². The van der Waals surface area contributed by atoms with Crippen LogP contribution in [0.3, 0.4) is 0 Å². The van der Waals surface area contributed by atoms with Gasteiger partial charge in [-0.25, -0.2) is 0 Å². The molecule has 0 radical (unpaired) electrons. The van der Waals surface area contributed by atoms with Crippen LogP contribution in [0.25, 0.3) is 0 Å². The fraction of sp³-hybridized carbons (Fsp3) is 0.0714. The molecule has 0 aliphatic heterocycles. The van der Waals surface area contributed by atoms with Crippen LogP contribution >= 0.6 is 0 Å². The number of rotatable bonds is 10. The molecule has 0 fully saturated rings. The van der Waals surface area contributed by atoms with Gasteiger partial charge >= 0.3 is 25.8 Å². The lowest BCUT2D eigenvalue weighted by Gasteiger charge is -2.21. The van der Waals surface area contributed by atoms with Gasteiger partial charge in [-0.15, -0.1) is 0 Å². The van der Waals surface area contributed by atoms with E-state index >= 15 is 0 Å². The number of para-hydroxylation sites is 2. The van der Waals surface area contributed by atoms with Crippen molar-refractivity contribution in [1.29, 1.82) is 0 Å². The highest BCUT2D eigenvalue weighted by Crippen LogP contribution is 2.20. The first-order valence-electron chi connectivity index (χ1n) is 11.9. The highest BCUT2D eigenvalue weighted by atomic mass is 16.5. The average molecular weight is 492 g/mol. The van der Waals surface area contributed by atoms with Crippen LogP contribution in [0.1, 0.15) is 0 Å². The first kappa shape index (κ1) is 25.8. The number of ether oxygens (including phenoxy) is 1. The molecule has 4 rings (SSSR count). The molecule has 9 heteroatoms. The Balaban J connectivity index is 1.76. The first-order chi connectivity index (χ1) is 18.1. The SMILES string of the molecule is NCC(=O)OB(c1ccccc1)c1ccccc1Oc1ccccc1B(OC(=O)CN)c1ccccc1. The summed E-state index contributed by atoms with van der Waals surface area (Å²) in [6, 6.07) is 33.3. The van der Waals surface area contributed by atoms with Gasteiger partial charge in [0.1, 0.15) is 11.5 Å². The zero-order valence-corrected chi connectivity index (χ0v) is 20.2. The van der Waals surface area contributed by atoms with Crippen molar-refractivity contribution in [3.05, 3.63) is 109 Å². The van der Waals surface area contributed by atoms with E-state index in [1.807, 2.05) is 97.1 Å². The number of hydrogen-bond acceptors (Lipinski definition) is 7. The smallest absolute Gasteiger partial charge is 0.433 e. The maximum Gasteiger partial charge on any atom is 0.433 e. The van der Waals surface area contributed by atoms with Crippen molar-refractivity contribution in [2.75, 3.05) is 13.1 Å². The summed E-state index contributed by atoms with van der Waals surface area (Å²) in [4.78, 5) is 24.4. The van der Waals surface area contributed by atoms with Crippen molar-refractivity contribution in [1.82, 2.24) is 0 Å². The Hall–Kier alpha value is -4.33. The third kappa shape index (κ3) is 6.46. The topological polar surface area (TPSA) is 114 Å². The molecular formula is C28H26B2N2O5. The van der Waals surface area contributed by atoms with Crippen molar-refractivity contribution in [2.45, 2.75) is 0 Å². The number of carbonyl (C=O) groups is 2. The molecule has 37 heavy (non-hydrogen) atoms. The second-order valence-electron chi connectivity index (χ2n) is 8.15. The Bertz CT molecular complexity index is 1240. The van der Waals surface area contributed by atoms with Gasteiger partial charge in [0.05, 0.1) is 13.1 Å². The summed E-state index contributed by atoms with van der Waals surface area (Å²) in [5, 5.41) is 0. The lowest BCUT2D eigenvalue weighted by molar-refractivity contribution is -0.133. The van der Waals surface area contributed by atoms with Crippen LogP contribution in [0.15, 0.2) is 109 Å². The van der Waals surface area contributed by atoms with Crippen molar-refractivity contribution in [2.24, 2.45) is 11.5 Å². The maximum absolute atomic E-state index is 12.2. The van der Waals surface area contributed by atoms with Gasteiger partial charge in [-0.1, -0.05) is 97.1 Å². The van der Waals surface area contributed by atoms with E-state index in [0.717, 1.165) is 10.9 Å². The molecule has 7 nitrogen and oxygen atoms in total. The molecule has 0 spiro atoms. The summed E-state index contributed by atoms with van der Waals surface area (Å²) in [6.45, 7) is -1.97. The van der Waals surface area contributed by atoms with Crippen molar-refractivity contribution in [3.63, 3.8) is 0 Å². The van der Waals surface area contributed by atoms with Gasteiger partial charge < -0.3 is 25.5 Å². The van der Waals surface area contributed by atoms with E-state index in [0.29, 0.717) is 22.4 Å². The van der Waals surface area contributed by atoms with E-state index in [1.165, 1.54) is 0 Å². The van der Waals surface area contributed by atoms with E-state index < -0.39 is 25.8 Å². The third-order valence-corrected chi connectivity index (χ3v) is 5.66. The molecule has 0 unspecified atom stereocenters. The van der Waals surface area contributed by atoms with Crippen molar-refractivity contribution < 1.29 is 23.6 Å². The van der Waals surface area contributed by atoms with Crippen LogP contribution in [0.2, 0.25) is 0 Å². The fourth-order valence-corrected chi connectivity index (χ4v) is 3.94. The Labute approximate surface area is 216 Å². The quantitative estimate of drug-likeness (QED) is 0.314. The van der Waals surface area contributed by atoms with Gasteiger partial charge in [-0.05, 0) is 23.1 Å². The molecule has 0 aromatic heterocycles. The summed E-state index contributed by atoms with van der Waals surface area (Å²) in [5.74, 6) is -0.125. The predicted octanol–water partition coefficient (Wildman–Crippen LogP) is 0.694. The van der Waals surface area contributed by atoms with Gasteiger partial charge in [-0.3, -0.25) is 9.59 Å². The van der Waals surface area contributed by atoms with Crippen LogP contribution in [0, 0.1) is 0 Å². The molecule has 0 saturated carbocycles. The molecule has 0 heterocycles. The minimum atomic E-state index is -0.736. The van der Waals surface area contributed by atoms with Gasteiger partial charge in [0, 0.05) is 10.9 Å². The molecule has 184 valence electrons. The van der Waals surface area contributed by atoms with E-state index in [-0.39, 0.29) is 13.1 Å². The van der Waals surface area contributed by atoms with Crippen LogP contribution in [-0.2, 0) is 18.9 Å². The Morgan fingerprint density at radius 1 is 0.541 bits per heavy atom. The molecule has 0 amide bonds. The monoisotopic (exact) mass is 492 g/mol. The van der Waals surface area contributed by atoms with Gasteiger partial charge in [0.2, 0.25) is 0 Å². The normalized spacial score (nSPS) is 10.3. The number of carbonyl (C=O) groups excluding carboxylic acids is 2. The van der Waals surface area contributed by atoms with Crippen LogP contribution in [0.5, 0.6) is 11.5 Å². The average Bonchev–Trinajstić information content (AvgIpc) is 2.96. The van der Waals surface area contributed by atoms with Crippen LogP contribution < -0.4 is 38.1 Å². The summed E-state index contributed by atoms with van der Waals surface area (Å²) in [5.41, 5.74) is 13.9. The standard InChI is InChI=1S/C28H26B2N2O5/c31-19-27(33)36-29(21-11-3-1-4-12-21)23-15-7-9-17-25(23)35-26-18-10-8-16-24(26)30(37-28(34)20-32)22-13-5-2-6-14-22/h1-18H,19-20,31-32H2. The molecule has 4 aromatic carbocycles. The molecule has 0 aliphatic rings. The minimum absolute atomic E-state index is 0.250. The molecule has 0 bridgehead atoms. The molecule has 0 saturated heterocycles. The van der Waals surface area contributed by atoms with E-state index in [2.05, 4.69) is 0 Å². The highest BCUT2D eigenvalue weighted by Gasteiger charge is 2.31. The van der Waals surface area contributed by atoms with Crippen molar-refractivity contribution >= 4 is 47.6 Å². The predicted molar refractivity (Wildman–Crippen MR) is 146 cm³/mol. The largest absolute Gasteiger partial charge is 0.525 e. The molecule has 0 aliphatic carbocycles. The number of benzene rings is 4. The summed E-state index contributed by atoms with van der Waals surface area (Å²) in [6.07, 6.45) is 0. The van der Waals surface area contributed by atoms with Crippen LogP contribution in [-0.4, -0.2) is 38.9 Å². The van der Waals surface area contributed by atoms with E-state index in [1.54, 1.807) is 12.1 Å². The number of nitrogens with two attached hydrogens (primary N) is 2. The first-order valence-corrected chi connectivity index (χ1v) is 11.9. The lowest BCUT2D eigenvalue weighted by Crippen LogP contribution is -2.49. The second-order valence-corrected chi connectivity index (χ2v) is 8.15. The molecule has 4 aromatic rings. The lowest BCUT2D eigenvalue weighted by atomic mass is 9.54. The fourth-order valence-electron chi connectivity index (χ4n) is 3.94. The van der Waals surface area contributed by atoms with Gasteiger partial charge in [-0.2, -0.15) is 0 Å². The van der Waals surface area contributed by atoms with Gasteiger partial charge in [0.25, 0.3) is 0 Å². The Morgan fingerprint density at radius 3 is 1.27 bits per heavy atom. The summed E-state index contributed by atoms with van der Waals surface area (Å²) < 4.78 is 17.9. The van der Waals surface area contributed by atoms with E-state index in [4.69, 9.17) is 25.5 Å². The summed E-state index contributed by atoms with van der Waals surface area (Å²) in [7, 11) is 0. The van der Waals surface area contributed by atoms with Gasteiger partial charge in [0.15, 0.2) is 0 Å². The molecular weight excluding hydrogens is 466 g/mol.